The molecule has 2 heteroatoms. The van der Waals surface area contributed by atoms with Crippen molar-refractivity contribution < 1.29 is 4.74 Å². The Hall–Kier alpha value is -2.74. The minimum absolute atomic E-state index is 0.818. The summed E-state index contributed by atoms with van der Waals surface area (Å²) in [6.07, 6.45) is 0. The Bertz CT molecular complexity index is 777. The number of hydrogen-bond donors (Lipinski definition) is 1. The average molecular weight is 289 g/mol. The molecule has 0 aliphatic rings. The van der Waals surface area contributed by atoms with Gasteiger partial charge in [0.2, 0.25) is 0 Å². The van der Waals surface area contributed by atoms with Gasteiger partial charge in [0, 0.05) is 11.3 Å². The van der Waals surface area contributed by atoms with Crippen LogP contribution in [0.1, 0.15) is 11.1 Å². The molecule has 0 spiro atoms. The third kappa shape index (κ3) is 2.82. The maximum Gasteiger partial charge on any atom is 0.127 e. The highest BCUT2D eigenvalue weighted by Gasteiger charge is 2.08. The molecule has 110 valence electrons. The summed E-state index contributed by atoms with van der Waals surface area (Å²) in [5, 5.41) is 0. The first kappa shape index (κ1) is 14.2. The monoisotopic (exact) mass is 289 g/mol. The Morgan fingerprint density at radius 3 is 1.95 bits per heavy atom. The number of nitrogens with two attached hydrogens (primary N) is 1. The summed E-state index contributed by atoms with van der Waals surface area (Å²) in [6.45, 7) is 4.12. The van der Waals surface area contributed by atoms with Crippen LogP contribution in [0, 0.1) is 13.8 Å². The van der Waals surface area contributed by atoms with Crippen LogP contribution in [0.5, 0.6) is 11.5 Å². The maximum atomic E-state index is 6.25. The van der Waals surface area contributed by atoms with E-state index >= 15 is 0 Å². The molecule has 0 aliphatic carbocycles. The number of para-hydroxylation sites is 1. The quantitative estimate of drug-likeness (QED) is 0.660. The number of nitrogen functional groups attached to an aromatic ring is 1. The molecule has 0 saturated carbocycles. The van der Waals surface area contributed by atoms with Gasteiger partial charge in [0.05, 0.1) is 0 Å². The smallest absolute Gasteiger partial charge is 0.127 e. The van der Waals surface area contributed by atoms with Crippen LogP contribution in [0.4, 0.5) is 5.69 Å². The van der Waals surface area contributed by atoms with Crippen LogP contribution < -0.4 is 10.5 Å². The normalized spacial score (nSPS) is 10.5. The third-order valence-electron chi connectivity index (χ3n) is 3.79. The van der Waals surface area contributed by atoms with Gasteiger partial charge in [0.1, 0.15) is 11.5 Å². The second kappa shape index (κ2) is 5.94. The lowest BCUT2D eigenvalue weighted by Gasteiger charge is -2.13. The fourth-order valence-electron chi connectivity index (χ4n) is 2.53. The summed E-state index contributed by atoms with van der Waals surface area (Å²) >= 11 is 0. The van der Waals surface area contributed by atoms with Crippen molar-refractivity contribution >= 4 is 5.69 Å². The largest absolute Gasteiger partial charge is 0.457 e. The Morgan fingerprint density at radius 2 is 1.27 bits per heavy atom. The van der Waals surface area contributed by atoms with E-state index in [0.717, 1.165) is 33.9 Å². The van der Waals surface area contributed by atoms with E-state index in [1.807, 2.05) is 49.4 Å². The molecule has 0 saturated heterocycles. The highest BCUT2D eigenvalue weighted by molar-refractivity contribution is 5.81. The van der Waals surface area contributed by atoms with Gasteiger partial charge >= 0.3 is 0 Å². The van der Waals surface area contributed by atoms with Crippen LogP contribution in [0.25, 0.3) is 11.1 Å². The van der Waals surface area contributed by atoms with E-state index in [1.165, 1.54) is 5.56 Å². The Balaban J connectivity index is 1.91. The SMILES string of the molecule is Cc1ccc(C)c(-c2ccc(Oc3ccccc3)cc2)c1N. The van der Waals surface area contributed by atoms with Gasteiger partial charge in [-0.15, -0.1) is 0 Å². The first-order chi connectivity index (χ1) is 10.6. The van der Waals surface area contributed by atoms with Crippen molar-refractivity contribution in [2.24, 2.45) is 0 Å². The fraction of sp³-hybridized carbons (Fsp3) is 0.100. The predicted molar refractivity (Wildman–Crippen MR) is 92.3 cm³/mol. The van der Waals surface area contributed by atoms with Crippen molar-refractivity contribution in [1.29, 1.82) is 0 Å². The van der Waals surface area contributed by atoms with Crippen LogP contribution in [-0.4, -0.2) is 0 Å². The second-order valence-corrected chi connectivity index (χ2v) is 5.43. The van der Waals surface area contributed by atoms with Crippen LogP contribution in [0.15, 0.2) is 66.7 Å². The standard InChI is InChI=1S/C20H19NO/c1-14-8-9-15(2)20(21)19(14)16-10-12-18(13-11-16)22-17-6-4-3-5-7-17/h3-13H,21H2,1-2H3. The maximum absolute atomic E-state index is 6.25. The van der Waals surface area contributed by atoms with Gasteiger partial charge in [0.25, 0.3) is 0 Å². The van der Waals surface area contributed by atoms with Crippen LogP contribution in [0.2, 0.25) is 0 Å². The summed E-state index contributed by atoms with van der Waals surface area (Å²) in [5.74, 6) is 1.65. The highest BCUT2D eigenvalue weighted by Crippen LogP contribution is 2.33. The molecule has 3 rings (SSSR count). The second-order valence-electron chi connectivity index (χ2n) is 5.43. The molecule has 0 radical (unpaired) electrons. The van der Waals surface area contributed by atoms with Crippen molar-refractivity contribution in [1.82, 2.24) is 0 Å². The summed E-state index contributed by atoms with van der Waals surface area (Å²) in [6, 6.07) is 22.0. The number of ether oxygens (including phenoxy) is 1. The fourth-order valence-corrected chi connectivity index (χ4v) is 2.53. The van der Waals surface area contributed by atoms with Crippen molar-refractivity contribution in [2.75, 3.05) is 5.73 Å². The van der Waals surface area contributed by atoms with E-state index in [4.69, 9.17) is 10.5 Å². The molecule has 0 aromatic heterocycles. The van der Waals surface area contributed by atoms with Crippen molar-refractivity contribution in [3.63, 3.8) is 0 Å². The average Bonchev–Trinajstić information content (AvgIpc) is 2.54. The number of rotatable bonds is 3. The van der Waals surface area contributed by atoms with Gasteiger partial charge in [-0.2, -0.15) is 0 Å². The van der Waals surface area contributed by atoms with Crippen molar-refractivity contribution in [2.45, 2.75) is 13.8 Å². The molecule has 0 amide bonds. The van der Waals surface area contributed by atoms with E-state index in [2.05, 4.69) is 31.2 Å². The lowest BCUT2D eigenvalue weighted by atomic mass is 9.96. The number of benzene rings is 3. The highest BCUT2D eigenvalue weighted by atomic mass is 16.5. The van der Waals surface area contributed by atoms with Crippen molar-refractivity contribution in [3.05, 3.63) is 77.9 Å². The first-order valence-corrected chi connectivity index (χ1v) is 7.34. The molecule has 0 aliphatic heterocycles. The van der Waals surface area contributed by atoms with Gasteiger partial charge in [-0.3, -0.25) is 0 Å². The van der Waals surface area contributed by atoms with E-state index in [9.17, 15) is 0 Å². The molecule has 0 bridgehead atoms. The molecule has 2 N–H and O–H groups in total. The van der Waals surface area contributed by atoms with E-state index in [0.29, 0.717) is 0 Å². The predicted octanol–water partition coefficient (Wildman–Crippen LogP) is 5.34. The number of hydrogen-bond acceptors (Lipinski definition) is 2. The lowest BCUT2D eigenvalue weighted by Crippen LogP contribution is -1.96. The zero-order valence-corrected chi connectivity index (χ0v) is 12.8. The molecule has 0 fully saturated rings. The zero-order valence-electron chi connectivity index (χ0n) is 12.8. The zero-order chi connectivity index (χ0) is 15.5. The topological polar surface area (TPSA) is 35.2 Å². The van der Waals surface area contributed by atoms with Crippen LogP contribution in [0.3, 0.4) is 0 Å². The Morgan fingerprint density at radius 1 is 0.682 bits per heavy atom. The summed E-state index contributed by atoms with van der Waals surface area (Å²) in [4.78, 5) is 0. The molecule has 22 heavy (non-hydrogen) atoms. The minimum atomic E-state index is 0.818. The molecule has 3 aromatic carbocycles. The molecule has 0 heterocycles. The van der Waals surface area contributed by atoms with Gasteiger partial charge in [-0.25, -0.2) is 0 Å². The third-order valence-corrected chi connectivity index (χ3v) is 3.79. The van der Waals surface area contributed by atoms with E-state index in [-0.39, 0.29) is 0 Å². The molecule has 2 nitrogen and oxygen atoms in total. The van der Waals surface area contributed by atoms with Crippen LogP contribution >= 0.6 is 0 Å². The van der Waals surface area contributed by atoms with Crippen LogP contribution in [-0.2, 0) is 0 Å². The Labute approximate surface area is 131 Å². The van der Waals surface area contributed by atoms with Gasteiger partial charge in [-0.05, 0) is 54.8 Å². The van der Waals surface area contributed by atoms with Crippen molar-refractivity contribution in [3.8, 4) is 22.6 Å². The summed E-state index contributed by atoms with van der Waals surface area (Å²) in [7, 11) is 0. The molecule has 3 aromatic rings. The first-order valence-electron chi connectivity index (χ1n) is 7.34. The molecule has 0 unspecified atom stereocenters. The van der Waals surface area contributed by atoms with E-state index < -0.39 is 0 Å². The van der Waals surface area contributed by atoms with E-state index in [1.54, 1.807) is 0 Å². The van der Waals surface area contributed by atoms with Gasteiger partial charge in [-0.1, -0.05) is 42.5 Å². The molecule has 0 atom stereocenters. The summed E-state index contributed by atoms with van der Waals surface area (Å²) < 4.78 is 5.82. The number of aryl methyl sites for hydroxylation is 2. The Kier molecular flexibility index (Phi) is 3.84. The summed E-state index contributed by atoms with van der Waals surface area (Å²) in [5.41, 5.74) is 11.6. The number of anilines is 1. The molecular weight excluding hydrogens is 270 g/mol. The molecular formula is C20H19NO. The minimum Gasteiger partial charge on any atom is -0.457 e. The van der Waals surface area contributed by atoms with Gasteiger partial charge < -0.3 is 10.5 Å². The van der Waals surface area contributed by atoms with Gasteiger partial charge in [0.15, 0.2) is 0 Å². The lowest BCUT2D eigenvalue weighted by molar-refractivity contribution is 0.483.